The number of nitrogens with zero attached hydrogens (tertiary/aromatic N) is 4. The number of rotatable bonds is 3. The maximum absolute atomic E-state index is 12.9. The molecule has 8 heteroatoms. The number of halogens is 3. The van der Waals surface area contributed by atoms with Crippen LogP contribution in [0.3, 0.4) is 0 Å². The smallest absolute Gasteiger partial charge is 0.357 e. The average molecular weight is 303 g/mol. The Morgan fingerprint density at radius 3 is 2.24 bits per heavy atom. The highest BCUT2D eigenvalue weighted by Gasteiger charge is 2.34. The first kappa shape index (κ1) is 15.8. The van der Waals surface area contributed by atoms with E-state index in [0.29, 0.717) is 24.9 Å². The Morgan fingerprint density at radius 2 is 1.76 bits per heavy atom. The highest BCUT2D eigenvalue weighted by molar-refractivity contribution is 5.45. The van der Waals surface area contributed by atoms with E-state index in [-0.39, 0.29) is 5.95 Å². The van der Waals surface area contributed by atoms with Gasteiger partial charge < -0.3 is 10.2 Å². The van der Waals surface area contributed by atoms with Crippen LogP contribution in [0.4, 0.5) is 24.9 Å². The van der Waals surface area contributed by atoms with Gasteiger partial charge in [0.2, 0.25) is 5.95 Å². The van der Waals surface area contributed by atoms with Crippen molar-refractivity contribution in [1.29, 1.82) is 0 Å². The van der Waals surface area contributed by atoms with E-state index in [0.717, 1.165) is 19.2 Å². The SMILES string of the molecule is CNc1nc(N2CCN(C(C)C)CC2)cc(C(F)(F)F)n1. The van der Waals surface area contributed by atoms with Crippen LogP contribution in [-0.4, -0.2) is 54.1 Å². The predicted octanol–water partition coefficient (Wildman–Crippen LogP) is 2.07. The summed E-state index contributed by atoms with van der Waals surface area (Å²) in [5.74, 6) is 0.316. The molecule has 0 aliphatic carbocycles. The van der Waals surface area contributed by atoms with Crippen molar-refractivity contribution in [1.82, 2.24) is 14.9 Å². The highest BCUT2D eigenvalue weighted by atomic mass is 19.4. The molecule has 1 aliphatic rings. The van der Waals surface area contributed by atoms with Crippen LogP contribution in [0.25, 0.3) is 0 Å². The topological polar surface area (TPSA) is 44.3 Å². The van der Waals surface area contributed by atoms with Gasteiger partial charge in [-0.1, -0.05) is 0 Å². The molecular weight excluding hydrogens is 283 g/mol. The molecule has 21 heavy (non-hydrogen) atoms. The van der Waals surface area contributed by atoms with Crippen LogP contribution in [0.1, 0.15) is 19.5 Å². The molecule has 118 valence electrons. The van der Waals surface area contributed by atoms with Gasteiger partial charge in [0.15, 0.2) is 5.69 Å². The van der Waals surface area contributed by atoms with Crippen molar-refractivity contribution in [3.8, 4) is 0 Å². The fourth-order valence-corrected chi connectivity index (χ4v) is 2.32. The molecule has 1 aromatic rings. The molecule has 2 heterocycles. The highest BCUT2D eigenvalue weighted by Crippen LogP contribution is 2.30. The minimum absolute atomic E-state index is 0.00823. The Morgan fingerprint density at radius 1 is 1.14 bits per heavy atom. The van der Waals surface area contributed by atoms with Gasteiger partial charge in [-0.25, -0.2) is 4.98 Å². The van der Waals surface area contributed by atoms with E-state index < -0.39 is 11.9 Å². The van der Waals surface area contributed by atoms with E-state index in [4.69, 9.17) is 0 Å². The Kier molecular flexibility index (Phi) is 4.55. The molecule has 2 rings (SSSR count). The first-order valence-electron chi connectivity index (χ1n) is 6.94. The average Bonchev–Trinajstić information content (AvgIpc) is 2.46. The van der Waals surface area contributed by atoms with Crippen molar-refractivity contribution in [2.45, 2.75) is 26.1 Å². The lowest BCUT2D eigenvalue weighted by Gasteiger charge is -2.37. The van der Waals surface area contributed by atoms with Crippen molar-refractivity contribution in [2.24, 2.45) is 0 Å². The van der Waals surface area contributed by atoms with E-state index in [1.807, 2.05) is 4.90 Å². The van der Waals surface area contributed by atoms with Crippen molar-refractivity contribution in [3.05, 3.63) is 11.8 Å². The summed E-state index contributed by atoms with van der Waals surface area (Å²) < 4.78 is 38.6. The van der Waals surface area contributed by atoms with Gasteiger partial charge in [0, 0.05) is 45.3 Å². The van der Waals surface area contributed by atoms with Gasteiger partial charge in [-0.2, -0.15) is 18.2 Å². The van der Waals surface area contributed by atoms with Gasteiger partial charge in [0.05, 0.1) is 0 Å². The lowest BCUT2D eigenvalue weighted by atomic mass is 10.2. The van der Waals surface area contributed by atoms with E-state index >= 15 is 0 Å². The summed E-state index contributed by atoms with van der Waals surface area (Å²) in [6, 6.07) is 1.46. The normalized spacial score (nSPS) is 17.4. The van der Waals surface area contributed by atoms with Crippen LogP contribution < -0.4 is 10.2 Å². The summed E-state index contributed by atoms with van der Waals surface area (Å²) >= 11 is 0. The summed E-state index contributed by atoms with van der Waals surface area (Å²) in [5.41, 5.74) is -0.914. The van der Waals surface area contributed by atoms with Crippen LogP contribution >= 0.6 is 0 Å². The minimum Gasteiger partial charge on any atom is -0.357 e. The molecule has 0 aromatic carbocycles. The number of nitrogens with one attached hydrogen (secondary N) is 1. The summed E-state index contributed by atoms with van der Waals surface area (Å²) in [6.45, 7) is 7.18. The molecule has 0 amide bonds. The zero-order chi connectivity index (χ0) is 15.6. The maximum Gasteiger partial charge on any atom is 0.433 e. The van der Waals surface area contributed by atoms with Gasteiger partial charge in [-0.15, -0.1) is 0 Å². The maximum atomic E-state index is 12.9. The number of piperazine rings is 1. The van der Waals surface area contributed by atoms with Crippen molar-refractivity contribution in [2.75, 3.05) is 43.4 Å². The predicted molar refractivity (Wildman–Crippen MR) is 75.5 cm³/mol. The lowest BCUT2D eigenvalue weighted by molar-refractivity contribution is -0.141. The Bertz CT molecular complexity index is 481. The molecule has 0 unspecified atom stereocenters. The fraction of sp³-hybridized carbons (Fsp3) is 0.692. The fourth-order valence-electron chi connectivity index (χ4n) is 2.32. The number of hydrogen-bond acceptors (Lipinski definition) is 5. The van der Waals surface area contributed by atoms with Crippen LogP contribution in [-0.2, 0) is 6.18 Å². The molecule has 1 aliphatic heterocycles. The third-order valence-electron chi connectivity index (χ3n) is 3.60. The first-order chi connectivity index (χ1) is 9.81. The second-order valence-electron chi connectivity index (χ2n) is 5.30. The van der Waals surface area contributed by atoms with Gasteiger partial charge in [-0.05, 0) is 13.8 Å². The number of aromatic nitrogens is 2. The zero-order valence-electron chi connectivity index (χ0n) is 12.4. The second-order valence-corrected chi connectivity index (χ2v) is 5.30. The molecule has 0 atom stereocenters. The number of hydrogen-bond donors (Lipinski definition) is 1. The largest absolute Gasteiger partial charge is 0.433 e. The van der Waals surface area contributed by atoms with Crippen molar-refractivity contribution in [3.63, 3.8) is 0 Å². The summed E-state index contributed by atoms with van der Waals surface area (Å²) in [7, 11) is 1.51. The molecule has 1 saturated heterocycles. The van der Waals surface area contributed by atoms with E-state index in [1.54, 1.807) is 0 Å². The number of anilines is 2. The van der Waals surface area contributed by atoms with Gasteiger partial charge >= 0.3 is 6.18 Å². The number of alkyl halides is 3. The minimum atomic E-state index is -4.47. The Labute approximate surface area is 122 Å². The second kappa shape index (κ2) is 6.05. The zero-order valence-corrected chi connectivity index (χ0v) is 12.4. The summed E-state index contributed by atoms with van der Waals surface area (Å²) in [5, 5.41) is 2.59. The van der Waals surface area contributed by atoms with E-state index in [1.165, 1.54) is 7.05 Å². The van der Waals surface area contributed by atoms with Crippen LogP contribution in [0.15, 0.2) is 6.07 Å². The monoisotopic (exact) mass is 303 g/mol. The van der Waals surface area contributed by atoms with Gasteiger partial charge in [-0.3, -0.25) is 4.90 Å². The molecule has 1 fully saturated rings. The molecule has 1 aromatic heterocycles. The van der Waals surface area contributed by atoms with Gasteiger partial charge in [0.1, 0.15) is 5.82 Å². The van der Waals surface area contributed by atoms with E-state index in [9.17, 15) is 13.2 Å². The Hall–Kier alpha value is -1.57. The molecule has 0 bridgehead atoms. The molecule has 1 N–H and O–H groups in total. The summed E-state index contributed by atoms with van der Waals surface area (Å²) in [6.07, 6.45) is -4.47. The van der Waals surface area contributed by atoms with Crippen LogP contribution in [0, 0.1) is 0 Å². The van der Waals surface area contributed by atoms with Gasteiger partial charge in [0.25, 0.3) is 0 Å². The third-order valence-corrected chi connectivity index (χ3v) is 3.60. The molecule has 0 saturated carbocycles. The quantitative estimate of drug-likeness (QED) is 0.926. The van der Waals surface area contributed by atoms with E-state index in [2.05, 4.69) is 34.0 Å². The first-order valence-corrected chi connectivity index (χ1v) is 6.94. The molecule has 0 spiro atoms. The van der Waals surface area contributed by atoms with Crippen molar-refractivity contribution >= 4 is 11.8 Å². The Balaban J connectivity index is 2.20. The molecule has 0 radical (unpaired) electrons. The lowest BCUT2D eigenvalue weighted by Crippen LogP contribution is -2.49. The van der Waals surface area contributed by atoms with Crippen LogP contribution in [0.2, 0.25) is 0 Å². The van der Waals surface area contributed by atoms with Crippen molar-refractivity contribution < 1.29 is 13.2 Å². The third kappa shape index (κ3) is 3.75. The molecule has 5 nitrogen and oxygen atoms in total. The van der Waals surface area contributed by atoms with Crippen LogP contribution in [0.5, 0.6) is 0 Å². The molecular formula is C13H20F3N5. The standard InChI is InChI=1S/C13H20F3N5/c1-9(2)20-4-6-21(7-5-20)11-8-10(13(14,15)16)18-12(17-3)19-11/h8-9H,4-7H2,1-3H3,(H,17,18,19). The summed E-state index contributed by atoms with van der Waals surface area (Å²) in [4.78, 5) is 11.8.